The van der Waals surface area contributed by atoms with Crippen molar-refractivity contribution in [2.75, 3.05) is 0 Å². The molecule has 0 aliphatic rings. The number of nitrogens with zero attached hydrogens (tertiary/aromatic N) is 5. The Labute approximate surface area is 237 Å². The molecule has 42 heavy (non-hydrogen) atoms. The highest BCUT2D eigenvalue weighted by molar-refractivity contribution is 5.43. The highest BCUT2D eigenvalue weighted by Gasteiger charge is 2.58. The third-order valence-corrected chi connectivity index (χ3v) is 6.68. The molecule has 0 fully saturated rings. The number of rotatable bonds is 8. The average Bonchev–Trinajstić information content (AvgIpc) is 3.49. The molecule has 0 radical (unpaired) electrons. The molecular formula is C31H22F5N5O. The van der Waals surface area contributed by atoms with Gasteiger partial charge in [0.2, 0.25) is 0 Å². The van der Waals surface area contributed by atoms with E-state index in [0.717, 1.165) is 59.4 Å². The number of benzene rings is 3. The van der Waals surface area contributed by atoms with Gasteiger partial charge >= 0.3 is 5.92 Å². The molecule has 0 aliphatic carbocycles. The summed E-state index contributed by atoms with van der Waals surface area (Å²) in [6.45, 7) is -0.946. The molecule has 2 aromatic heterocycles. The maximum Gasteiger partial charge on any atom is 0.323 e. The van der Waals surface area contributed by atoms with Crippen LogP contribution < -0.4 is 0 Å². The second-order valence-electron chi connectivity index (χ2n) is 9.57. The van der Waals surface area contributed by atoms with Gasteiger partial charge in [-0.25, -0.2) is 17.9 Å². The van der Waals surface area contributed by atoms with Gasteiger partial charge in [0.15, 0.2) is 5.60 Å². The van der Waals surface area contributed by atoms with Crippen molar-refractivity contribution in [2.24, 2.45) is 0 Å². The van der Waals surface area contributed by atoms with Crippen molar-refractivity contribution in [1.82, 2.24) is 25.2 Å². The zero-order valence-corrected chi connectivity index (χ0v) is 21.9. The lowest BCUT2D eigenvalue weighted by molar-refractivity contribution is -0.207. The lowest BCUT2D eigenvalue weighted by Gasteiger charge is -2.35. The Bertz CT molecular complexity index is 1720. The smallest absolute Gasteiger partial charge is 0.323 e. The van der Waals surface area contributed by atoms with Crippen LogP contribution in [0.1, 0.15) is 33.5 Å². The van der Waals surface area contributed by atoms with E-state index < -0.39 is 41.0 Å². The zero-order valence-electron chi connectivity index (χ0n) is 21.9. The molecule has 1 N–H and O–H groups in total. The molecule has 0 spiro atoms. The number of hydrogen-bond acceptors (Lipinski definition) is 5. The number of aliphatic hydroxyl groups is 1. The van der Waals surface area contributed by atoms with Crippen LogP contribution in [0.15, 0.2) is 91.4 Å². The van der Waals surface area contributed by atoms with Crippen molar-refractivity contribution in [2.45, 2.75) is 30.9 Å². The van der Waals surface area contributed by atoms with E-state index in [4.69, 9.17) is 0 Å². The van der Waals surface area contributed by atoms with Gasteiger partial charge in [-0.15, -0.1) is 5.10 Å². The van der Waals surface area contributed by atoms with Gasteiger partial charge in [-0.2, -0.15) is 8.78 Å². The van der Waals surface area contributed by atoms with Gasteiger partial charge in [-0.3, -0.25) is 4.98 Å². The molecule has 0 bridgehead atoms. The lowest BCUT2D eigenvalue weighted by Crippen LogP contribution is -2.48. The average molecular weight is 576 g/mol. The summed E-state index contributed by atoms with van der Waals surface area (Å²) in [6, 6.07) is 18.1. The summed E-state index contributed by atoms with van der Waals surface area (Å²) in [4.78, 5) is 3.81. The fourth-order valence-corrected chi connectivity index (χ4v) is 4.37. The van der Waals surface area contributed by atoms with Gasteiger partial charge in [0.25, 0.3) is 0 Å². The van der Waals surface area contributed by atoms with E-state index in [1.165, 1.54) is 18.2 Å². The summed E-state index contributed by atoms with van der Waals surface area (Å²) in [7, 11) is 0. The minimum atomic E-state index is -4.16. The zero-order chi connectivity index (χ0) is 29.7. The van der Waals surface area contributed by atoms with Crippen molar-refractivity contribution in [3.63, 3.8) is 0 Å². The van der Waals surface area contributed by atoms with Gasteiger partial charge in [0, 0.05) is 29.0 Å². The molecule has 6 nitrogen and oxygen atoms in total. The Balaban J connectivity index is 1.33. The molecular weight excluding hydrogens is 553 g/mol. The monoisotopic (exact) mass is 575 g/mol. The molecule has 0 aliphatic heterocycles. The Morgan fingerprint density at radius 2 is 1.38 bits per heavy atom. The summed E-state index contributed by atoms with van der Waals surface area (Å²) < 4.78 is 73.8. The van der Waals surface area contributed by atoms with E-state index in [1.54, 1.807) is 12.1 Å². The van der Waals surface area contributed by atoms with Crippen LogP contribution in [0.25, 0.3) is 0 Å². The van der Waals surface area contributed by atoms with E-state index in [9.17, 15) is 18.3 Å². The molecule has 0 saturated carbocycles. The molecule has 3 aromatic carbocycles. The molecule has 1 unspecified atom stereocenters. The van der Waals surface area contributed by atoms with Gasteiger partial charge in [-0.05, 0) is 82.9 Å². The maximum absolute atomic E-state index is 15.9. The number of tetrazole rings is 1. The minimum absolute atomic E-state index is 0.275. The summed E-state index contributed by atoms with van der Waals surface area (Å²) in [5.41, 5.74) is -1.82. The van der Waals surface area contributed by atoms with Crippen molar-refractivity contribution >= 4 is 0 Å². The number of hydrogen-bond donors (Lipinski definition) is 1. The first-order valence-corrected chi connectivity index (χ1v) is 12.7. The van der Waals surface area contributed by atoms with Crippen LogP contribution in [0.5, 0.6) is 0 Å². The highest BCUT2D eigenvalue weighted by Crippen LogP contribution is 2.46. The van der Waals surface area contributed by atoms with E-state index >= 15 is 8.78 Å². The third-order valence-electron chi connectivity index (χ3n) is 6.68. The van der Waals surface area contributed by atoms with Crippen LogP contribution in [0.3, 0.4) is 0 Å². The van der Waals surface area contributed by atoms with Crippen LogP contribution in [0, 0.1) is 29.3 Å². The Morgan fingerprint density at radius 1 is 0.762 bits per heavy atom. The van der Waals surface area contributed by atoms with E-state index in [1.807, 2.05) is 24.3 Å². The third kappa shape index (κ3) is 6.19. The topological polar surface area (TPSA) is 76.7 Å². The first-order valence-electron chi connectivity index (χ1n) is 12.7. The fourth-order valence-electron chi connectivity index (χ4n) is 4.37. The molecule has 1 atom stereocenters. The molecule has 11 heteroatoms. The largest absolute Gasteiger partial charge is 0.377 e. The molecule has 2 heterocycles. The number of aryl methyl sites for hydroxylation is 2. The standard InChI is InChI=1S/C31H22F5N5O/c32-25-12-9-23(10-13-25)6-5-21-1-3-22(4-2-21)7-8-24-11-16-29(37-18-24)31(35,36)30(42,19-41-20-38-39-40-41)27-15-14-26(33)17-28(27)34/h1-4,9-18,20,42H,5-6,19H2. The van der Waals surface area contributed by atoms with Crippen LogP contribution >= 0.6 is 0 Å². The van der Waals surface area contributed by atoms with Crippen LogP contribution in [-0.4, -0.2) is 30.3 Å². The van der Waals surface area contributed by atoms with Crippen molar-refractivity contribution in [1.29, 1.82) is 0 Å². The van der Waals surface area contributed by atoms with E-state index in [-0.39, 0.29) is 5.82 Å². The highest BCUT2D eigenvalue weighted by atomic mass is 19.3. The molecule has 5 aromatic rings. The molecule has 0 amide bonds. The number of pyridine rings is 1. The van der Waals surface area contributed by atoms with Gasteiger partial charge in [-0.1, -0.05) is 36.1 Å². The predicted molar refractivity (Wildman–Crippen MR) is 142 cm³/mol. The summed E-state index contributed by atoms with van der Waals surface area (Å²) in [5, 5.41) is 21.5. The van der Waals surface area contributed by atoms with Crippen LogP contribution in [0.4, 0.5) is 22.0 Å². The van der Waals surface area contributed by atoms with Crippen LogP contribution in [0.2, 0.25) is 0 Å². The van der Waals surface area contributed by atoms with Gasteiger partial charge in [0.1, 0.15) is 29.5 Å². The number of aromatic nitrogens is 5. The predicted octanol–water partition coefficient (Wildman–Crippen LogP) is 5.35. The first-order chi connectivity index (χ1) is 20.1. The number of alkyl halides is 2. The normalized spacial score (nSPS) is 12.8. The van der Waals surface area contributed by atoms with Gasteiger partial charge < -0.3 is 5.11 Å². The van der Waals surface area contributed by atoms with Gasteiger partial charge in [0.05, 0.1) is 6.54 Å². The first kappa shape index (κ1) is 28.6. The maximum atomic E-state index is 15.9. The van der Waals surface area contributed by atoms with Crippen molar-refractivity contribution < 1.29 is 27.1 Å². The van der Waals surface area contributed by atoms with Crippen molar-refractivity contribution in [3.05, 3.63) is 142 Å². The SMILES string of the molecule is OC(Cn1cnnn1)(c1ccc(F)cc1F)C(F)(F)c1ccc(C#Cc2ccc(CCc3ccc(F)cc3)cc2)cn1. The van der Waals surface area contributed by atoms with Crippen LogP contribution in [-0.2, 0) is 30.9 Å². The molecule has 0 saturated heterocycles. The summed E-state index contributed by atoms with van der Waals surface area (Å²) in [5.74, 6) is -0.994. The quantitative estimate of drug-likeness (QED) is 0.200. The fraction of sp³-hybridized carbons (Fsp3) is 0.161. The number of halogens is 5. The molecule has 212 valence electrons. The van der Waals surface area contributed by atoms with E-state index in [0.29, 0.717) is 17.2 Å². The van der Waals surface area contributed by atoms with Crippen molar-refractivity contribution in [3.8, 4) is 11.8 Å². The lowest BCUT2D eigenvalue weighted by atomic mass is 9.84. The minimum Gasteiger partial charge on any atom is -0.377 e. The Hall–Kier alpha value is -4.95. The molecule has 5 rings (SSSR count). The summed E-state index contributed by atoms with van der Waals surface area (Å²) in [6.07, 6.45) is 3.62. The second-order valence-corrected chi connectivity index (χ2v) is 9.57. The Kier molecular flexibility index (Phi) is 8.08. The second kappa shape index (κ2) is 11.9. The summed E-state index contributed by atoms with van der Waals surface area (Å²) >= 11 is 0. The van der Waals surface area contributed by atoms with E-state index in [2.05, 4.69) is 32.4 Å². The Morgan fingerprint density at radius 3 is 1.98 bits per heavy atom.